The van der Waals surface area contributed by atoms with Gasteiger partial charge in [-0.1, -0.05) is 18.2 Å². The number of ether oxygens (including phenoxy) is 4. The van der Waals surface area contributed by atoms with Crippen LogP contribution >= 0.6 is 0 Å². The van der Waals surface area contributed by atoms with Gasteiger partial charge in [0.05, 0.1) is 14.2 Å². The number of aryl methyl sites for hydroxylation is 1. The van der Waals surface area contributed by atoms with Gasteiger partial charge in [-0.3, -0.25) is 9.69 Å². The average Bonchev–Trinajstić information content (AvgIpc) is 3.61. The van der Waals surface area contributed by atoms with E-state index in [4.69, 9.17) is 143 Å². The maximum absolute atomic E-state index is 12.9. The third kappa shape index (κ3) is 13.4. The van der Waals surface area contributed by atoms with E-state index in [0.717, 1.165) is 35.6 Å². The van der Waals surface area contributed by atoms with Gasteiger partial charge in [-0.15, -0.1) is 0 Å². The number of benzene rings is 2. The van der Waals surface area contributed by atoms with Crippen LogP contribution in [0.3, 0.4) is 0 Å². The Labute approximate surface area is 381 Å². The average molecular weight is 722 g/mol. The van der Waals surface area contributed by atoms with Crippen molar-refractivity contribution < 1.29 is 23.7 Å². The van der Waals surface area contributed by atoms with E-state index >= 15 is 0 Å². The molecule has 0 aliphatic carbocycles. The maximum Gasteiger partial charge on any atom is 0.231 e. The first-order valence-corrected chi connectivity index (χ1v) is 19.6. The summed E-state index contributed by atoms with van der Waals surface area (Å²) in [6.45, 7) is 1.09. The first-order chi connectivity index (χ1) is 27.7. The number of carbonyl (C=O) groups is 1. The van der Waals surface area contributed by atoms with Crippen LogP contribution in [0.5, 0.6) is 23.0 Å². The van der Waals surface area contributed by atoms with Gasteiger partial charge >= 0.3 is 0 Å². The number of carbonyl (C=O) groups excluding carboxylic acids is 1. The van der Waals surface area contributed by atoms with Gasteiger partial charge in [0.2, 0.25) is 12.5 Å². The zero-order valence-electron chi connectivity index (χ0n) is 34.5. The molecule has 2 aromatic carbocycles. The fraction of sp³-hybridized carbons (Fsp3) is 0.435. The van der Waals surface area contributed by atoms with Crippen molar-refractivity contribution in [2.45, 2.75) is 31.7 Å². The molecule has 36 heteroatoms. The second-order valence-electron chi connectivity index (χ2n) is 15.6. The highest BCUT2D eigenvalue weighted by Gasteiger charge is 2.52. The van der Waals surface area contributed by atoms with E-state index in [1.807, 2.05) is 30.3 Å². The van der Waals surface area contributed by atoms with Crippen LogP contribution in [-0.4, -0.2) is 258 Å². The summed E-state index contributed by atoms with van der Waals surface area (Å²) in [6, 6.07) is 9.86. The molecule has 2 heterocycles. The first kappa shape index (κ1) is 52.6. The molecule has 32 radical (unpaired) electrons. The molecule has 1 unspecified atom stereocenters. The van der Waals surface area contributed by atoms with Crippen molar-refractivity contribution in [2.75, 3.05) is 34.6 Å². The van der Waals surface area contributed by atoms with Crippen LogP contribution < -0.4 is 18.9 Å². The number of nitrogens with zero attached hydrogens (tertiary/aromatic N) is 1. The smallest absolute Gasteiger partial charge is 0.231 e. The van der Waals surface area contributed by atoms with Crippen molar-refractivity contribution in [1.29, 1.82) is 0 Å². The monoisotopic (exact) mass is 727 g/mol. The number of ketones is 1. The van der Waals surface area contributed by atoms with E-state index in [1.165, 1.54) is 5.56 Å². The molecular formula is C23H27B30NO5. The van der Waals surface area contributed by atoms with E-state index in [2.05, 4.69) is 11.9 Å². The van der Waals surface area contributed by atoms with Gasteiger partial charge < -0.3 is 18.9 Å². The minimum absolute atomic E-state index is 0.0339. The molecule has 0 fully saturated rings. The van der Waals surface area contributed by atoms with Crippen molar-refractivity contribution in [2.24, 2.45) is 0 Å². The Hall–Kier alpha value is -0.782. The molecule has 59 heavy (non-hydrogen) atoms. The van der Waals surface area contributed by atoms with Gasteiger partial charge in [-0.05, 0) is 43.1 Å². The van der Waals surface area contributed by atoms with Crippen LogP contribution in [0.15, 0.2) is 30.3 Å². The van der Waals surface area contributed by atoms with Crippen molar-refractivity contribution >= 4 is 219 Å². The van der Waals surface area contributed by atoms with Gasteiger partial charge in [-0.25, -0.2) is 0 Å². The summed E-state index contributed by atoms with van der Waals surface area (Å²) >= 11 is 0. The van der Waals surface area contributed by atoms with Gasteiger partial charge in [0.25, 0.3) is 0 Å². The minimum Gasteiger partial charge on any atom is -0.496 e. The predicted octanol–water partition coefficient (Wildman–Crippen LogP) is -7.87. The lowest BCUT2D eigenvalue weighted by Crippen LogP contribution is -2.88. The minimum atomic E-state index is -1.07. The summed E-state index contributed by atoms with van der Waals surface area (Å²) < 4.78 is 22.3. The fourth-order valence-corrected chi connectivity index (χ4v) is 8.90. The van der Waals surface area contributed by atoms with Crippen molar-refractivity contribution in [3.63, 3.8) is 0 Å². The summed E-state index contributed by atoms with van der Waals surface area (Å²) in [4.78, 5) is 15.1. The van der Waals surface area contributed by atoms with Crippen LogP contribution in [-0.2, 0) is 17.6 Å². The summed E-state index contributed by atoms with van der Waals surface area (Å²) in [7, 11) is 102. The SMILES string of the molecule is COc1ccccc1CCC(=O)CC1c2c(cc3c(c2OC)OCO3)CCN1C.[B]B([B])B(B([B])[B])B(B(B([B])[B])B([B])[B])B(B(B([B])[B])B([B])[B])B(B([B])[B])B([B])[B]. The molecule has 0 saturated heterocycles. The standard InChI is InChI=1S/C23H27NO5.B30/c1-24-11-10-16-12-20-22(29-14-28-20)23(27-3)21(16)18(24)13-17(25)9-8-15-6-4-5-7-19(15)26-2;1-17(2)25(18(3)4)29(26(19(5)6)20(7)8)30(27(21(9)10)22(11)12)28(23(13)14)24(15)16/h4-7,12,18H,8-11,13-14H2,1-3H3;. The number of rotatable bonds is 20. The number of methoxy groups -OCH3 is 2. The van der Waals surface area contributed by atoms with Crippen LogP contribution in [0.25, 0.3) is 0 Å². The molecule has 2 aliphatic heterocycles. The lowest BCUT2D eigenvalue weighted by atomic mass is 8.31. The largest absolute Gasteiger partial charge is 0.496 e. The van der Waals surface area contributed by atoms with E-state index in [9.17, 15) is 4.79 Å². The van der Waals surface area contributed by atoms with Crippen LogP contribution in [0.1, 0.15) is 35.6 Å². The summed E-state index contributed by atoms with van der Waals surface area (Å²) in [5.41, 5.74) is 3.28. The van der Waals surface area contributed by atoms with Crippen LogP contribution in [0.4, 0.5) is 0 Å². The molecule has 244 valence electrons. The highest BCUT2D eigenvalue weighted by molar-refractivity contribution is 8.27. The van der Waals surface area contributed by atoms with Gasteiger partial charge in [0, 0.05) is 244 Å². The third-order valence-electron chi connectivity index (χ3n) is 11.6. The molecule has 2 aromatic rings. The van der Waals surface area contributed by atoms with Crippen LogP contribution in [0, 0.1) is 0 Å². The Balaban J connectivity index is 0.000000315. The van der Waals surface area contributed by atoms with E-state index in [0.29, 0.717) is 30.8 Å². The zero-order valence-corrected chi connectivity index (χ0v) is 34.5. The summed E-state index contributed by atoms with van der Waals surface area (Å²) in [5.74, 6) is 3.12. The molecule has 6 nitrogen and oxygen atoms in total. The quantitative estimate of drug-likeness (QED) is 0.127. The number of fused-ring (bicyclic) bond motifs is 2. The van der Waals surface area contributed by atoms with Crippen molar-refractivity contribution in [3.8, 4) is 23.0 Å². The Bertz CT molecular complexity index is 1510. The Morgan fingerprint density at radius 3 is 1.56 bits per heavy atom. The van der Waals surface area contributed by atoms with Crippen LogP contribution in [0.2, 0.25) is 0 Å². The first-order valence-electron chi connectivity index (χ1n) is 19.6. The second kappa shape index (κ2) is 24.3. The maximum atomic E-state index is 12.9. The highest BCUT2D eigenvalue weighted by atomic mass is 16.7. The molecule has 0 N–H and O–H groups in total. The van der Waals surface area contributed by atoms with E-state index < -0.39 is 89.4 Å². The number of Topliss-reactive ketones (excluding diaryl/α,β-unsaturated/α-hetero) is 1. The molecule has 4 rings (SSSR count). The summed E-state index contributed by atoms with van der Waals surface area (Å²) in [5, 5.41) is 0. The Morgan fingerprint density at radius 2 is 1.14 bits per heavy atom. The third-order valence-corrected chi connectivity index (χ3v) is 11.6. The van der Waals surface area contributed by atoms with Gasteiger partial charge in [-0.2, -0.15) is 0 Å². The normalized spacial score (nSPS) is 13.5. The lowest BCUT2D eigenvalue weighted by Gasteiger charge is -2.50. The predicted molar refractivity (Wildman–Crippen MR) is 282 cm³/mol. The molecule has 0 spiro atoms. The van der Waals surface area contributed by atoms with Gasteiger partial charge in [0.1, 0.15) is 11.5 Å². The lowest BCUT2D eigenvalue weighted by molar-refractivity contribution is -0.120. The molecule has 0 aromatic heterocycles. The van der Waals surface area contributed by atoms with Crippen molar-refractivity contribution in [1.82, 2.24) is 4.90 Å². The highest BCUT2D eigenvalue weighted by Crippen LogP contribution is 2.50. The second-order valence-corrected chi connectivity index (χ2v) is 15.6. The Morgan fingerprint density at radius 1 is 0.678 bits per heavy atom. The zero-order chi connectivity index (χ0) is 44.5. The number of hydrogen-bond acceptors (Lipinski definition) is 6. The molecule has 0 amide bonds. The van der Waals surface area contributed by atoms with E-state index in [1.54, 1.807) is 14.2 Å². The number of hydrogen-bond donors (Lipinski definition) is 0. The van der Waals surface area contributed by atoms with Gasteiger partial charge in [0.15, 0.2) is 11.5 Å². The molecule has 0 bridgehead atoms. The van der Waals surface area contributed by atoms with E-state index in [-0.39, 0.29) is 18.6 Å². The number of likely N-dealkylation sites (N-methyl/N-ethyl adjacent to an activating group) is 1. The molecule has 0 saturated carbocycles. The topological polar surface area (TPSA) is 57.2 Å². The molecule has 2 aliphatic rings. The molecular weight excluding hydrogens is 695 g/mol. The number of para-hydroxylation sites is 1. The summed E-state index contributed by atoms with van der Waals surface area (Å²) in [6.07, 6.45) is -11.2. The Kier molecular flexibility index (Phi) is 21.7. The fourth-order valence-electron chi connectivity index (χ4n) is 8.90. The molecule has 1 atom stereocenters. The van der Waals surface area contributed by atoms with Crippen molar-refractivity contribution in [3.05, 3.63) is 47.0 Å².